The Morgan fingerprint density at radius 1 is 1.62 bits per heavy atom. The average Bonchev–Trinajstić information content (AvgIpc) is 2.34. The predicted octanol–water partition coefficient (Wildman–Crippen LogP) is -1.98. The Labute approximate surface area is 95.9 Å². The molecule has 6 heteroatoms. The van der Waals surface area contributed by atoms with Crippen LogP contribution in [0.2, 0.25) is 0 Å². The first kappa shape index (κ1) is 13.4. The maximum Gasteiger partial charge on any atom is 0.238 e. The molecule has 0 aliphatic carbocycles. The van der Waals surface area contributed by atoms with Crippen LogP contribution < -0.4 is 10.6 Å². The van der Waals surface area contributed by atoms with Crippen molar-refractivity contribution in [3.05, 3.63) is 0 Å². The monoisotopic (exact) mass is 231 g/mol. The van der Waals surface area contributed by atoms with E-state index in [1.807, 2.05) is 0 Å². The number of carbonyl (C=O) groups is 1. The van der Waals surface area contributed by atoms with Crippen LogP contribution in [0, 0.1) is 0 Å². The van der Waals surface area contributed by atoms with E-state index in [0.717, 1.165) is 19.6 Å². The Morgan fingerprint density at radius 2 is 2.44 bits per heavy atom. The minimum atomic E-state index is -0.114. The van der Waals surface area contributed by atoms with Crippen LogP contribution in [0.3, 0.4) is 0 Å². The van der Waals surface area contributed by atoms with Crippen molar-refractivity contribution in [2.24, 2.45) is 0 Å². The third-order valence-corrected chi connectivity index (χ3v) is 2.66. The van der Waals surface area contributed by atoms with Gasteiger partial charge in [-0.2, -0.15) is 0 Å². The number of carbonyl (C=O) groups excluding carboxylic acids is 1. The smallest absolute Gasteiger partial charge is 0.238 e. The SMILES string of the molecule is CNC(=O)C1CNCCN1CCOCCO. The zero-order valence-corrected chi connectivity index (χ0v) is 9.74. The second kappa shape index (κ2) is 7.56. The summed E-state index contributed by atoms with van der Waals surface area (Å²) in [6.45, 7) is 4.10. The minimum Gasteiger partial charge on any atom is -0.394 e. The molecular formula is C10H21N3O3. The van der Waals surface area contributed by atoms with Crippen LogP contribution in [-0.2, 0) is 9.53 Å². The summed E-state index contributed by atoms with van der Waals surface area (Å²) in [4.78, 5) is 13.7. The van der Waals surface area contributed by atoms with Gasteiger partial charge in [-0.1, -0.05) is 0 Å². The zero-order chi connectivity index (χ0) is 11.8. The number of aliphatic hydroxyl groups excluding tert-OH is 1. The van der Waals surface area contributed by atoms with E-state index in [1.54, 1.807) is 7.05 Å². The number of nitrogens with one attached hydrogen (secondary N) is 2. The molecule has 16 heavy (non-hydrogen) atoms. The maximum atomic E-state index is 11.6. The number of hydrogen-bond acceptors (Lipinski definition) is 5. The average molecular weight is 231 g/mol. The number of ether oxygens (including phenoxy) is 1. The van der Waals surface area contributed by atoms with Gasteiger partial charge in [0.25, 0.3) is 0 Å². The van der Waals surface area contributed by atoms with Crippen molar-refractivity contribution < 1.29 is 14.6 Å². The first-order valence-corrected chi connectivity index (χ1v) is 5.64. The fourth-order valence-electron chi connectivity index (χ4n) is 1.79. The Bertz CT molecular complexity index is 213. The number of likely N-dealkylation sites (N-methyl/N-ethyl adjacent to an activating group) is 1. The highest BCUT2D eigenvalue weighted by Crippen LogP contribution is 2.02. The van der Waals surface area contributed by atoms with Crippen molar-refractivity contribution in [2.45, 2.75) is 6.04 Å². The first-order chi connectivity index (χ1) is 7.79. The molecule has 6 nitrogen and oxygen atoms in total. The van der Waals surface area contributed by atoms with Gasteiger partial charge in [-0.25, -0.2) is 0 Å². The van der Waals surface area contributed by atoms with Crippen LogP contribution in [0.4, 0.5) is 0 Å². The van der Waals surface area contributed by atoms with E-state index >= 15 is 0 Å². The molecule has 0 aromatic rings. The number of aliphatic hydroxyl groups is 1. The molecule has 1 amide bonds. The molecule has 0 aromatic heterocycles. The van der Waals surface area contributed by atoms with E-state index in [4.69, 9.17) is 9.84 Å². The maximum absolute atomic E-state index is 11.6. The summed E-state index contributed by atoms with van der Waals surface area (Å²) in [6.07, 6.45) is 0. The number of piperazine rings is 1. The molecule has 1 heterocycles. The number of nitrogens with zero attached hydrogens (tertiary/aromatic N) is 1. The number of rotatable bonds is 6. The Kier molecular flexibility index (Phi) is 6.32. The van der Waals surface area contributed by atoms with Crippen LogP contribution >= 0.6 is 0 Å². The summed E-state index contributed by atoms with van der Waals surface area (Å²) in [5, 5.41) is 14.4. The quantitative estimate of drug-likeness (QED) is 0.462. The number of amides is 1. The van der Waals surface area contributed by atoms with Gasteiger partial charge in [-0.3, -0.25) is 9.69 Å². The van der Waals surface area contributed by atoms with Crippen LogP contribution in [0.1, 0.15) is 0 Å². The van der Waals surface area contributed by atoms with Gasteiger partial charge in [0.1, 0.15) is 6.04 Å². The summed E-state index contributed by atoms with van der Waals surface area (Å²) < 4.78 is 5.20. The van der Waals surface area contributed by atoms with Crippen molar-refractivity contribution in [2.75, 3.05) is 53.0 Å². The molecule has 94 valence electrons. The molecule has 0 spiro atoms. The van der Waals surface area contributed by atoms with Crippen LogP contribution in [0.15, 0.2) is 0 Å². The standard InChI is InChI=1S/C10H21N3O3/c1-11-10(15)9-8-12-2-3-13(9)4-6-16-7-5-14/h9,12,14H,2-8H2,1H3,(H,11,15). The van der Waals surface area contributed by atoms with Gasteiger partial charge < -0.3 is 20.5 Å². The van der Waals surface area contributed by atoms with E-state index in [0.29, 0.717) is 19.8 Å². The molecule has 0 radical (unpaired) electrons. The van der Waals surface area contributed by atoms with Crippen molar-refractivity contribution >= 4 is 5.91 Å². The fraction of sp³-hybridized carbons (Fsp3) is 0.900. The molecule has 1 aliphatic heterocycles. The highest BCUT2D eigenvalue weighted by molar-refractivity contribution is 5.81. The van der Waals surface area contributed by atoms with Crippen molar-refractivity contribution in [1.82, 2.24) is 15.5 Å². The van der Waals surface area contributed by atoms with Crippen LogP contribution in [-0.4, -0.2) is 75.0 Å². The van der Waals surface area contributed by atoms with Crippen molar-refractivity contribution in [3.8, 4) is 0 Å². The lowest BCUT2D eigenvalue weighted by molar-refractivity contribution is -0.126. The van der Waals surface area contributed by atoms with Gasteiger partial charge in [0.05, 0.1) is 19.8 Å². The highest BCUT2D eigenvalue weighted by Gasteiger charge is 2.27. The molecule has 0 aromatic carbocycles. The zero-order valence-electron chi connectivity index (χ0n) is 9.74. The van der Waals surface area contributed by atoms with E-state index < -0.39 is 0 Å². The van der Waals surface area contributed by atoms with Crippen molar-refractivity contribution in [3.63, 3.8) is 0 Å². The van der Waals surface area contributed by atoms with Gasteiger partial charge >= 0.3 is 0 Å². The van der Waals surface area contributed by atoms with E-state index in [-0.39, 0.29) is 18.6 Å². The van der Waals surface area contributed by atoms with Gasteiger partial charge in [0.2, 0.25) is 5.91 Å². The summed E-state index contributed by atoms with van der Waals surface area (Å²) in [7, 11) is 1.65. The summed E-state index contributed by atoms with van der Waals surface area (Å²) in [5.74, 6) is 0.0364. The second-order valence-corrected chi connectivity index (χ2v) is 3.71. The predicted molar refractivity (Wildman–Crippen MR) is 60.2 cm³/mol. The van der Waals surface area contributed by atoms with Crippen molar-refractivity contribution in [1.29, 1.82) is 0 Å². The lowest BCUT2D eigenvalue weighted by Gasteiger charge is -2.34. The Hall–Kier alpha value is -0.690. The Balaban J connectivity index is 2.32. The number of hydrogen-bond donors (Lipinski definition) is 3. The second-order valence-electron chi connectivity index (χ2n) is 3.71. The van der Waals surface area contributed by atoms with Crippen LogP contribution in [0.5, 0.6) is 0 Å². The molecule has 1 fully saturated rings. The third-order valence-electron chi connectivity index (χ3n) is 2.66. The third kappa shape index (κ3) is 4.05. The van der Waals surface area contributed by atoms with E-state index in [9.17, 15) is 4.79 Å². The molecule has 1 atom stereocenters. The molecular weight excluding hydrogens is 210 g/mol. The fourth-order valence-corrected chi connectivity index (χ4v) is 1.79. The normalized spacial score (nSPS) is 22.0. The van der Waals surface area contributed by atoms with Gasteiger partial charge in [-0.05, 0) is 0 Å². The van der Waals surface area contributed by atoms with E-state index in [1.165, 1.54) is 0 Å². The van der Waals surface area contributed by atoms with E-state index in [2.05, 4.69) is 15.5 Å². The summed E-state index contributed by atoms with van der Waals surface area (Å²) in [6, 6.07) is -0.114. The molecule has 1 saturated heterocycles. The molecule has 1 aliphatic rings. The van der Waals surface area contributed by atoms with Gasteiger partial charge in [0, 0.05) is 33.2 Å². The van der Waals surface area contributed by atoms with Gasteiger partial charge in [0.15, 0.2) is 0 Å². The summed E-state index contributed by atoms with van der Waals surface area (Å²) >= 11 is 0. The minimum absolute atomic E-state index is 0.0364. The lowest BCUT2D eigenvalue weighted by atomic mass is 10.2. The molecule has 3 N–H and O–H groups in total. The molecule has 0 bridgehead atoms. The van der Waals surface area contributed by atoms with Crippen LogP contribution in [0.25, 0.3) is 0 Å². The first-order valence-electron chi connectivity index (χ1n) is 5.64. The molecule has 1 rings (SSSR count). The Morgan fingerprint density at radius 3 is 3.12 bits per heavy atom. The topological polar surface area (TPSA) is 73.8 Å². The lowest BCUT2D eigenvalue weighted by Crippen LogP contribution is -2.58. The molecule has 0 saturated carbocycles. The van der Waals surface area contributed by atoms with Gasteiger partial charge in [-0.15, -0.1) is 0 Å². The highest BCUT2D eigenvalue weighted by atomic mass is 16.5. The molecule has 1 unspecified atom stereocenters. The summed E-state index contributed by atoms with van der Waals surface area (Å²) in [5.41, 5.74) is 0. The largest absolute Gasteiger partial charge is 0.394 e.